The van der Waals surface area contributed by atoms with E-state index in [2.05, 4.69) is 4.98 Å². The van der Waals surface area contributed by atoms with Crippen LogP contribution in [0.3, 0.4) is 0 Å². The number of esters is 1. The molecule has 0 amide bonds. The van der Waals surface area contributed by atoms with Crippen LogP contribution in [0.2, 0.25) is 5.02 Å². The van der Waals surface area contributed by atoms with Gasteiger partial charge < -0.3 is 15.1 Å². The number of nitrogens with zero attached hydrogens (tertiary/aromatic N) is 3. The lowest BCUT2D eigenvalue weighted by atomic mass is 10.0. The highest BCUT2D eigenvalue weighted by atomic mass is 35.5. The fraction of sp³-hybridized carbons (Fsp3) is 0.316. The molecule has 1 N–H and O–H groups in total. The molecule has 0 unspecified atom stereocenters. The van der Waals surface area contributed by atoms with Crippen LogP contribution in [0.5, 0.6) is 0 Å². The van der Waals surface area contributed by atoms with Crippen LogP contribution < -0.4 is 4.73 Å². The van der Waals surface area contributed by atoms with Gasteiger partial charge in [0.1, 0.15) is 11.8 Å². The SMILES string of the molecule is CC(C)OC(=O)c1cc(Cl)cc(C#N)n1.CC(C)c1cc[n+]([O-])c(C(=O)O)c1. The Bertz CT molecular complexity index is 907. The van der Waals surface area contributed by atoms with Crippen LogP contribution in [0, 0.1) is 16.5 Å². The van der Waals surface area contributed by atoms with Crippen molar-refractivity contribution >= 4 is 23.5 Å². The lowest BCUT2D eigenvalue weighted by Crippen LogP contribution is -2.34. The second kappa shape index (κ2) is 10.2. The van der Waals surface area contributed by atoms with E-state index in [4.69, 9.17) is 26.7 Å². The van der Waals surface area contributed by atoms with Crippen molar-refractivity contribution < 1.29 is 24.2 Å². The van der Waals surface area contributed by atoms with E-state index in [9.17, 15) is 14.8 Å². The quantitative estimate of drug-likeness (QED) is 0.469. The van der Waals surface area contributed by atoms with Gasteiger partial charge in [0.25, 0.3) is 0 Å². The summed E-state index contributed by atoms with van der Waals surface area (Å²) in [7, 11) is 0. The third-order valence-corrected chi connectivity index (χ3v) is 3.50. The fourth-order valence-electron chi connectivity index (χ4n) is 1.95. The number of nitriles is 1. The molecule has 0 aliphatic heterocycles. The van der Waals surface area contributed by atoms with E-state index in [1.807, 2.05) is 19.9 Å². The number of hydrogen-bond donors (Lipinski definition) is 1. The van der Waals surface area contributed by atoms with Crippen molar-refractivity contribution in [3.63, 3.8) is 0 Å². The van der Waals surface area contributed by atoms with Gasteiger partial charge in [-0.05, 0) is 37.5 Å². The number of carboxylic acid groups (broad SMARTS) is 1. The van der Waals surface area contributed by atoms with Crippen LogP contribution in [0.1, 0.15) is 65.8 Å². The minimum Gasteiger partial charge on any atom is -0.618 e. The number of carboxylic acids is 1. The van der Waals surface area contributed by atoms with Gasteiger partial charge in [0, 0.05) is 17.2 Å². The molecule has 2 rings (SSSR count). The highest BCUT2D eigenvalue weighted by molar-refractivity contribution is 6.30. The molecule has 0 atom stereocenters. The highest BCUT2D eigenvalue weighted by Gasteiger charge is 2.16. The number of carbonyl (C=O) groups excluding carboxylic acids is 1. The largest absolute Gasteiger partial charge is 0.618 e. The zero-order chi connectivity index (χ0) is 21.4. The second-order valence-corrected chi connectivity index (χ2v) is 6.69. The molecule has 8 nitrogen and oxygen atoms in total. The number of aromatic carboxylic acids is 1. The number of hydrogen-bond acceptors (Lipinski definition) is 6. The summed E-state index contributed by atoms with van der Waals surface area (Å²) in [4.78, 5) is 25.8. The summed E-state index contributed by atoms with van der Waals surface area (Å²) in [5.41, 5.74) is 0.765. The normalized spacial score (nSPS) is 10.1. The molecule has 0 saturated heterocycles. The van der Waals surface area contributed by atoms with Crippen molar-refractivity contribution in [2.45, 2.75) is 39.7 Å². The zero-order valence-corrected chi connectivity index (χ0v) is 16.6. The zero-order valence-electron chi connectivity index (χ0n) is 15.8. The van der Waals surface area contributed by atoms with Gasteiger partial charge in [-0.2, -0.15) is 9.99 Å². The van der Waals surface area contributed by atoms with E-state index in [1.54, 1.807) is 19.9 Å². The topological polar surface area (TPSA) is 127 Å². The minimum absolute atomic E-state index is 0.0488. The summed E-state index contributed by atoms with van der Waals surface area (Å²) in [6.07, 6.45) is 0.988. The number of halogens is 1. The molecule has 2 aromatic rings. The molecule has 0 radical (unpaired) electrons. The summed E-state index contributed by atoms with van der Waals surface area (Å²) < 4.78 is 5.28. The van der Waals surface area contributed by atoms with E-state index in [0.717, 1.165) is 5.56 Å². The Morgan fingerprint density at radius 1 is 1.29 bits per heavy atom. The molecule has 0 aromatic carbocycles. The summed E-state index contributed by atoms with van der Waals surface area (Å²) >= 11 is 5.71. The third kappa shape index (κ3) is 6.85. The van der Waals surface area contributed by atoms with Gasteiger partial charge in [0.05, 0.1) is 6.10 Å². The summed E-state index contributed by atoms with van der Waals surface area (Å²) in [5, 5.41) is 28.5. The predicted octanol–water partition coefficient (Wildman–Crippen LogP) is 3.31. The molecule has 0 aliphatic carbocycles. The average molecular weight is 406 g/mol. The molecule has 9 heteroatoms. The van der Waals surface area contributed by atoms with Crippen LogP contribution in [-0.4, -0.2) is 28.1 Å². The Balaban J connectivity index is 0.000000283. The highest BCUT2D eigenvalue weighted by Crippen LogP contribution is 2.13. The maximum atomic E-state index is 11.4. The summed E-state index contributed by atoms with van der Waals surface area (Å²) in [6.45, 7) is 7.34. The summed E-state index contributed by atoms with van der Waals surface area (Å²) in [6, 6.07) is 7.60. The predicted molar refractivity (Wildman–Crippen MR) is 101 cm³/mol. The third-order valence-electron chi connectivity index (χ3n) is 3.29. The van der Waals surface area contributed by atoms with Crippen molar-refractivity contribution in [1.82, 2.24) is 4.98 Å². The molecule has 0 fully saturated rings. The maximum absolute atomic E-state index is 11.4. The molecular weight excluding hydrogens is 386 g/mol. The Morgan fingerprint density at radius 2 is 1.93 bits per heavy atom. The van der Waals surface area contributed by atoms with Crippen molar-refractivity contribution in [3.8, 4) is 6.07 Å². The number of aromatic nitrogens is 2. The molecule has 0 aliphatic rings. The Kier molecular flexibility index (Phi) is 8.35. The van der Waals surface area contributed by atoms with Gasteiger partial charge in [0.15, 0.2) is 11.9 Å². The standard InChI is InChI=1S/C10H9ClN2O2.C9H11NO3/c1-6(2)15-10(14)9-4-7(11)3-8(5-12)13-9;1-6(2)7-3-4-10(13)8(5-7)9(11)12/h3-4,6H,1-2H3;3-6H,1-2H3,(H,11,12). The van der Waals surface area contributed by atoms with Crippen LogP contribution in [-0.2, 0) is 4.74 Å². The number of rotatable bonds is 4. The maximum Gasteiger partial charge on any atom is 0.402 e. The monoisotopic (exact) mass is 405 g/mol. The van der Waals surface area contributed by atoms with Gasteiger partial charge in [-0.25, -0.2) is 14.6 Å². The van der Waals surface area contributed by atoms with Gasteiger partial charge in [0.2, 0.25) is 0 Å². The molecular formula is C19H20ClN3O5. The van der Waals surface area contributed by atoms with E-state index < -0.39 is 11.9 Å². The Labute approximate surface area is 167 Å². The van der Waals surface area contributed by atoms with E-state index >= 15 is 0 Å². The number of carbonyl (C=O) groups is 2. The van der Waals surface area contributed by atoms with Crippen molar-refractivity contribution in [1.29, 1.82) is 5.26 Å². The average Bonchev–Trinajstić information content (AvgIpc) is 2.61. The van der Waals surface area contributed by atoms with Crippen molar-refractivity contribution in [3.05, 3.63) is 63.3 Å². The van der Waals surface area contributed by atoms with Crippen molar-refractivity contribution in [2.24, 2.45) is 0 Å². The minimum atomic E-state index is -1.20. The van der Waals surface area contributed by atoms with E-state index in [0.29, 0.717) is 4.73 Å². The Morgan fingerprint density at radius 3 is 2.43 bits per heavy atom. The van der Waals surface area contributed by atoms with Crippen LogP contribution >= 0.6 is 11.6 Å². The van der Waals surface area contributed by atoms with Gasteiger partial charge in [-0.15, -0.1) is 0 Å². The first-order valence-electron chi connectivity index (χ1n) is 8.30. The van der Waals surface area contributed by atoms with Gasteiger partial charge >= 0.3 is 17.6 Å². The molecule has 2 aromatic heterocycles. The van der Waals surface area contributed by atoms with Crippen LogP contribution in [0.4, 0.5) is 0 Å². The first-order valence-corrected chi connectivity index (χ1v) is 8.68. The molecule has 28 heavy (non-hydrogen) atoms. The van der Waals surface area contributed by atoms with E-state index in [1.165, 1.54) is 24.4 Å². The lowest BCUT2D eigenvalue weighted by Gasteiger charge is -2.07. The van der Waals surface area contributed by atoms with Crippen molar-refractivity contribution in [2.75, 3.05) is 0 Å². The van der Waals surface area contributed by atoms with Crippen LogP contribution in [0.25, 0.3) is 0 Å². The summed E-state index contributed by atoms with van der Waals surface area (Å²) in [5.74, 6) is -1.55. The molecule has 148 valence electrons. The van der Waals surface area contributed by atoms with Crippen LogP contribution in [0.15, 0.2) is 30.5 Å². The fourth-order valence-corrected chi connectivity index (χ4v) is 2.16. The number of ether oxygens (including phenoxy) is 1. The van der Waals surface area contributed by atoms with E-state index in [-0.39, 0.29) is 34.1 Å². The van der Waals surface area contributed by atoms with Gasteiger partial charge in [-0.3, -0.25) is 0 Å². The first kappa shape index (κ1) is 22.9. The smallest absolute Gasteiger partial charge is 0.402 e. The molecule has 2 heterocycles. The molecule has 0 spiro atoms. The second-order valence-electron chi connectivity index (χ2n) is 6.25. The first-order chi connectivity index (χ1) is 13.0. The Hall–Kier alpha value is -3.18. The molecule has 0 saturated carbocycles. The lowest BCUT2D eigenvalue weighted by molar-refractivity contribution is -0.608. The van der Waals surface area contributed by atoms with Gasteiger partial charge in [-0.1, -0.05) is 25.4 Å². The number of pyridine rings is 2. The molecule has 0 bridgehead atoms.